The Morgan fingerprint density at radius 3 is 2.61 bits per heavy atom. The molecule has 1 aromatic carbocycles. The molecular weight excluding hydrogens is 350 g/mol. The van der Waals surface area contributed by atoms with Crippen LogP contribution in [0.2, 0.25) is 0 Å². The summed E-state index contributed by atoms with van der Waals surface area (Å²) in [6.45, 7) is 6.01. The summed E-state index contributed by atoms with van der Waals surface area (Å²) < 4.78 is 7.95. The van der Waals surface area contributed by atoms with Crippen LogP contribution in [0.15, 0.2) is 0 Å². The normalized spacial score (nSPS) is 20.4. The van der Waals surface area contributed by atoms with E-state index in [0.717, 1.165) is 49.5 Å². The highest BCUT2D eigenvalue weighted by Crippen LogP contribution is 2.43. The second-order valence-corrected chi connectivity index (χ2v) is 8.49. The van der Waals surface area contributed by atoms with Gasteiger partial charge in [0.1, 0.15) is 0 Å². The molecule has 1 aliphatic carbocycles. The molecular formula is C23H33N3O2. The maximum Gasteiger partial charge on any atom is 0.253 e. The molecule has 1 fully saturated rings. The average Bonchev–Trinajstić information content (AvgIpc) is 3.01. The van der Waals surface area contributed by atoms with Crippen molar-refractivity contribution in [3.05, 3.63) is 27.9 Å². The first-order valence-corrected chi connectivity index (χ1v) is 10.7. The van der Waals surface area contributed by atoms with Crippen molar-refractivity contribution < 1.29 is 9.53 Å². The van der Waals surface area contributed by atoms with E-state index in [2.05, 4.69) is 30.8 Å². The largest absolute Gasteiger partial charge is 0.398 e. The SMILES string of the molecule is CCc1c(N)c(C(=O)NC)c(C)c2c3c(n(C)c12)CCC(C1CCOCC1)C3. The summed E-state index contributed by atoms with van der Waals surface area (Å²) in [4.78, 5) is 12.6. The van der Waals surface area contributed by atoms with Crippen LogP contribution in [0.3, 0.4) is 0 Å². The maximum absolute atomic E-state index is 12.6. The Balaban J connectivity index is 1.90. The van der Waals surface area contributed by atoms with E-state index in [9.17, 15) is 4.79 Å². The summed E-state index contributed by atoms with van der Waals surface area (Å²) in [5.41, 5.74) is 14.1. The standard InChI is InChI=1S/C23H33N3O2/c1-5-16-21(24)20(23(27)25-3)13(2)19-17-12-15(14-8-10-28-11-9-14)6-7-18(17)26(4)22(16)19/h14-15H,5-12,24H2,1-4H3,(H,25,27). The third kappa shape index (κ3) is 2.83. The van der Waals surface area contributed by atoms with Gasteiger partial charge in [0.15, 0.2) is 0 Å². The van der Waals surface area contributed by atoms with Gasteiger partial charge in [-0.3, -0.25) is 4.79 Å². The van der Waals surface area contributed by atoms with Crippen LogP contribution in [0, 0.1) is 18.8 Å². The fraction of sp³-hybridized carbons (Fsp3) is 0.609. The van der Waals surface area contributed by atoms with Gasteiger partial charge in [-0.15, -0.1) is 0 Å². The van der Waals surface area contributed by atoms with Crippen molar-refractivity contribution in [2.45, 2.75) is 52.4 Å². The molecule has 5 nitrogen and oxygen atoms in total. The van der Waals surface area contributed by atoms with Crippen LogP contribution in [0.5, 0.6) is 0 Å². The van der Waals surface area contributed by atoms with Gasteiger partial charge in [-0.25, -0.2) is 0 Å². The lowest BCUT2D eigenvalue weighted by Gasteiger charge is -2.33. The van der Waals surface area contributed by atoms with E-state index in [4.69, 9.17) is 10.5 Å². The lowest BCUT2D eigenvalue weighted by Crippen LogP contribution is -2.28. The van der Waals surface area contributed by atoms with Crippen LogP contribution in [-0.2, 0) is 31.0 Å². The molecule has 1 aromatic heterocycles. The molecule has 2 aromatic rings. The highest BCUT2D eigenvalue weighted by Gasteiger charge is 2.33. The molecule has 1 aliphatic heterocycles. The number of amides is 1. The number of carbonyl (C=O) groups is 1. The van der Waals surface area contributed by atoms with Gasteiger partial charge in [-0.1, -0.05) is 6.92 Å². The highest BCUT2D eigenvalue weighted by atomic mass is 16.5. The fourth-order valence-electron chi connectivity index (χ4n) is 5.74. The van der Waals surface area contributed by atoms with Crippen molar-refractivity contribution in [1.29, 1.82) is 0 Å². The fourth-order valence-corrected chi connectivity index (χ4v) is 5.74. The van der Waals surface area contributed by atoms with E-state index in [-0.39, 0.29) is 5.91 Å². The number of nitrogens with two attached hydrogens (primary N) is 1. The minimum Gasteiger partial charge on any atom is -0.398 e. The summed E-state index contributed by atoms with van der Waals surface area (Å²) in [6.07, 6.45) is 6.66. The van der Waals surface area contributed by atoms with Gasteiger partial charge >= 0.3 is 0 Å². The summed E-state index contributed by atoms with van der Waals surface area (Å²) in [5.74, 6) is 1.39. The molecule has 1 saturated heterocycles. The molecule has 0 spiro atoms. The molecule has 0 saturated carbocycles. The highest BCUT2D eigenvalue weighted by molar-refractivity contribution is 6.08. The van der Waals surface area contributed by atoms with Gasteiger partial charge in [0.05, 0.1) is 11.1 Å². The monoisotopic (exact) mass is 383 g/mol. The molecule has 0 radical (unpaired) electrons. The van der Waals surface area contributed by atoms with E-state index in [0.29, 0.717) is 17.2 Å². The number of fused-ring (bicyclic) bond motifs is 3. The third-order valence-electron chi connectivity index (χ3n) is 7.22. The van der Waals surface area contributed by atoms with Gasteiger partial charge in [0, 0.05) is 44.1 Å². The number of nitrogens with one attached hydrogen (secondary N) is 1. The van der Waals surface area contributed by atoms with Crippen molar-refractivity contribution in [3.63, 3.8) is 0 Å². The van der Waals surface area contributed by atoms with Crippen LogP contribution >= 0.6 is 0 Å². The van der Waals surface area contributed by atoms with Gasteiger partial charge in [-0.2, -0.15) is 0 Å². The molecule has 4 rings (SSSR count). The number of carbonyl (C=O) groups excluding carboxylic acids is 1. The summed E-state index contributed by atoms with van der Waals surface area (Å²) in [5, 5.41) is 4.06. The number of nitrogen functional groups attached to an aromatic ring is 1. The number of nitrogens with zero attached hydrogens (tertiary/aromatic N) is 1. The molecule has 5 heteroatoms. The number of aromatic nitrogens is 1. The van der Waals surface area contributed by atoms with Crippen molar-refractivity contribution in [2.75, 3.05) is 26.0 Å². The lowest BCUT2D eigenvalue weighted by atomic mass is 9.75. The Hall–Kier alpha value is -2.01. The van der Waals surface area contributed by atoms with E-state index >= 15 is 0 Å². The molecule has 2 aliphatic rings. The van der Waals surface area contributed by atoms with Crippen molar-refractivity contribution >= 4 is 22.5 Å². The predicted molar refractivity (Wildman–Crippen MR) is 114 cm³/mol. The molecule has 2 heterocycles. The smallest absolute Gasteiger partial charge is 0.253 e. The molecule has 1 unspecified atom stereocenters. The second kappa shape index (κ2) is 7.43. The van der Waals surface area contributed by atoms with Crippen molar-refractivity contribution in [1.82, 2.24) is 9.88 Å². The number of rotatable bonds is 3. The number of benzene rings is 1. The lowest BCUT2D eigenvalue weighted by molar-refractivity contribution is 0.0439. The Labute approximate surface area is 167 Å². The Kier molecular flexibility index (Phi) is 5.13. The van der Waals surface area contributed by atoms with Gasteiger partial charge in [0.2, 0.25) is 0 Å². The minimum absolute atomic E-state index is 0.0824. The maximum atomic E-state index is 12.6. The Morgan fingerprint density at radius 1 is 1.25 bits per heavy atom. The van der Waals surface area contributed by atoms with Gasteiger partial charge in [-0.05, 0) is 74.0 Å². The van der Waals surface area contributed by atoms with E-state index in [1.807, 2.05) is 0 Å². The van der Waals surface area contributed by atoms with Crippen molar-refractivity contribution in [3.8, 4) is 0 Å². The van der Waals surface area contributed by atoms with Gasteiger partial charge in [0.25, 0.3) is 5.91 Å². The molecule has 28 heavy (non-hydrogen) atoms. The molecule has 0 bridgehead atoms. The minimum atomic E-state index is -0.0824. The van der Waals surface area contributed by atoms with Crippen LogP contribution in [0.25, 0.3) is 10.9 Å². The van der Waals surface area contributed by atoms with Crippen molar-refractivity contribution in [2.24, 2.45) is 18.9 Å². The Morgan fingerprint density at radius 2 is 1.96 bits per heavy atom. The van der Waals surface area contributed by atoms with Crippen LogP contribution in [0.4, 0.5) is 5.69 Å². The zero-order valence-electron chi connectivity index (χ0n) is 17.7. The summed E-state index contributed by atoms with van der Waals surface area (Å²) >= 11 is 0. The quantitative estimate of drug-likeness (QED) is 0.797. The molecule has 152 valence electrons. The number of anilines is 1. The van der Waals surface area contributed by atoms with E-state index in [1.165, 1.54) is 41.4 Å². The molecule has 1 atom stereocenters. The first-order valence-electron chi connectivity index (χ1n) is 10.7. The predicted octanol–water partition coefficient (Wildman–Crippen LogP) is 3.52. The number of hydrogen-bond acceptors (Lipinski definition) is 3. The zero-order valence-corrected chi connectivity index (χ0v) is 17.7. The third-order valence-corrected chi connectivity index (χ3v) is 7.22. The van der Waals surface area contributed by atoms with Crippen LogP contribution in [-0.4, -0.2) is 30.7 Å². The Bertz CT molecular complexity index is 922. The zero-order chi connectivity index (χ0) is 20.0. The molecule has 1 amide bonds. The van der Waals surface area contributed by atoms with Crippen LogP contribution in [0.1, 0.15) is 58.9 Å². The first kappa shape index (κ1) is 19.3. The first-order chi connectivity index (χ1) is 13.5. The molecule has 3 N–H and O–H groups in total. The van der Waals surface area contributed by atoms with E-state index in [1.54, 1.807) is 7.05 Å². The number of ether oxygens (including phenoxy) is 1. The topological polar surface area (TPSA) is 69.3 Å². The number of hydrogen-bond donors (Lipinski definition) is 2. The second-order valence-electron chi connectivity index (χ2n) is 8.49. The summed E-state index contributed by atoms with van der Waals surface area (Å²) in [6, 6.07) is 0. The summed E-state index contributed by atoms with van der Waals surface area (Å²) in [7, 11) is 3.85. The average molecular weight is 384 g/mol. The van der Waals surface area contributed by atoms with Gasteiger partial charge < -0.3 is 20.4 Å². The number of aryl methyl sites for hydroxylation is 3. The van der Waals surface area contributed by atoms with E-state index < -0.39 is 0 Å². The van der Waals surface area contributed by atoms with Crippen LogP contribution < -0.4 is 11.1 Å².